The van der Waals surface area contributed by atoms with Gasteiger partial charge in [-0.15, -0.1) is 0 Å². The maximum Gasteiger partial charge on any atom is 0.508 e. The molecule has 1 aromatic heterocycles. The summed E-state index contributed by atoms with van der Waals surface area (Å²) in [5, 5.41) is 1.08. The van der Waals surface area contributed by atoms with Crippen molar-refractivity contribution in [2.45, 2.75) is 39.7 Å². The SMILES string of the molecule is CCOC(=O)OC1C=CC(c2cc(=O)c3c(n2C(=O)OCC)=CC(C)CC=3)=CC1. The average molecular weight is 399 g/mol. The second kappa shape index (κ2) is 8.94. The van der Waals surface area contributed by atoms with Crippen molar-refractivity contribution in [1.29, 1.82) is 0 Å². The average Bonchev–Trinajstić information content (AvgIpc) is 2.68. The van der Waals surface area contributed by atoms with Crippen LogP contribution in [0.1, 0.15) is 39.3 Å². The Hall–Kier alpha value is -3.09. The molecule has 0 fully saturated rings. The molecule has 7 nitrogen and oxygen atoms in total. The molecule has 29 heavy (non-hydrogen) atoms. The summed E-state index contributed by atoms with van der Waals surface area (Å²) in [5.41, 5.74) is 1.00. The third-order valence-corrected chi connectivity index (χ3v) is 4.74. The first-order valence-electron chi connectivity index (χ1n) is 9.82. The van der Waals surface area contributed by atoms with Gasteiger partial charge in [0.15, 0.2) is 5.43 Å². The van der Waals surface area contributed by atoms with Crippen LogP contribution in [0.2, 0.25) is 0 Å². The first-order valence-corrected chi connectivity index (χ1v) is 9.82. The molecule has 2 unspecified atom stereocenters. The second-order valence-electron chi connectivity index (χ2n) is 6.90. The lowest BCUT2D eigenvalue weighted by molar-refractivity contribution is 0.0411. The molecular weight excluding hydrogens is 374 g/mol. The Morgan fingerprint density at radius 2 is 1.90 bits per heavy atom. The molecule has 0 amide bonds. The summed E-state index contributed by atoms with van der Waals surface area (Å²) in [7, 11) is 0. The Kier molecular flexibility index (Phi) is 6.36. The number of aromatic nitrogens is 1. The van der Waals surface area contributed by atoms with Gasteiger partial charge in [-0.05, 0) is 37.8 Å². The van der Waals surface area contributed by atoms with Gasteiger partial charge in [-0.2, -0.15) is 0 Å². The van der Waals surface area contributed by atoms with Crippen LogP contribution in [-0.4, -0.2) is 36.1 Å². The number of allylic oxidation sites excluding steroid dienone is 2. The largest absolute Gasteiger partial charge is 0.508 e. The number of hydrogen-bond acceptors (Lipinski definition) is 6. The minimum absolute atomic E-state index is 0.141. The van der Waals surface area contributed by atoms with Crippen molar-refractivity contribution in [2.24, 2.45) is 5.92 Å². The van der Waals surface area contributed by atoms with E-state index >= 15 is 0 Å². The third kappa shape index (κ3) is 4.50. The molecule has 0 aliphatic heterocycles. The van der Waals surface area contributed by atoms with Gasteiger partial charge >= 0.3 is 12.2 Å². The molecule has 0 spiro atoms. The van der Waals surface area contributed by atoms with E-state index in [1.54, 1.807) is 26.0 Å². The lowest BCUT2D eigenvalue weighted by Gasteiger charge is -2.20. The van der Waals surface area contributed by atoms with E-state index in [1.165, 1.54) is 10.6 Å². The molecule has 2 atom stereocenters. The van der Waals surface area contributed by atoms with E-state index < -0.39 is 18.4 Å². The Morgan fingerprint density at radius 1 is 1.14 bits per heavy atom. The summed E-state index contributed by atoms with van der Waals surface area (Å²) in [6.45, 7) is 5.94. The molecule has 2 aliphatic rings. The maximum absolute atomic E-state index is 12.7. The van der Waals surface area contributed by atoms with Crippen LogP contribution in [0, 0.1) is 5.92 Å². The van der Waals surface area contributed by atoms with Gasteiger partial charge in [0.25, 0.3) is 0 Å². The highest BCUT2D eigenvalue weighted by molar-refractivity contribution is 5.81. The number of fused-ring (bicyclic) bond motifs is 1. The van der Waals surface area contributed by atoms with E-state index in [0.717, 1.165) is 6.42 Å². The monoisotopic (exact) mass is 399 g/mol. The highest BCUT2D eigenvalue weighted by Crippen LogP contribution is 2.22. The molecule has 7 heteroatoms. The number of ether oxygens (including phenoxy) is 3. The molecule has 0 saturated heterocycles. The first kappa shape index (κ1) is 20.6. The second-order valence-corrected chi connectivity index (χ2v) is 6.90. The van der Waals surface area contributed by atoms with Gasteiger partial charge in [0.2, 0.25) is 0 Å². The molecule has 2 aliphatic carbocycles. The van der Waals surface area contributed by atoms with Crippen molar-refractivity contribution >= 4 is 30.0 Å². The van der Waals surface area contributed by atoms with Crippen molar-refractivity contribution in [1.82, 2.24) is 4.57 Å². The van der Waals surface area contributed by atoms with Crippen LogP contribution in [0.5, 0.6) is 0 Å². The molecule has 1 heterocycles. The molecular formula is C22H25NO6. The van der Waals surface area contributed by atoms with E-state index in [4.69, 9.17) is 14.2 Å². The van der Waals surface area contributed by atoms with E-state index in [1.807, 2.05) is 25.2 Å². The molecule has 1 aromatic rings. The van der Waals surface area contributed by atoms with Crippen molar-refractivity contribution in [3.63, 3.8) is 0 Å². The lowest BCUT2D eigenvalue weighted by atomic mass is 9.98. The van der Waals surface area contributed by atoms with Gasteiger partial charge < -0.3 is 14.2 Å². The highest BCUT2D eigenvalue weighted by Gasteiger charge is 2.21. The van der Waals surface area contributed by atoms with E-state index in [2.05, 4.69) is 0 Å². The zero-order valence-electron chi connectivity index (χ0n) is 16.8. The van der Waals surface area contributed by atoms with Gasteiger partial charge in [0.1, 0.15) is 6.10 Å². The van der Waals surface area contributed by atoms with Crippen molar-refractivity contribution < 1.29 is 23.8 Å². The quantitative estimate of drug-likeness (QED) is 0.723. The molecule has 0 N–H and O–H groups in total. The summed E-state index contributed by atoms with van der Waals surface area (Å²) in [5.74, 6) is 0.205. The van der Waals surface area contributed by atoms with Gasteiger partial charge in [0.05, 0.1) is 24.3 Å². The Bertz CT molecular complexity index is 1050. The number of nitrogens with zero attached hydrogens (tertiary/aromatic N) is 1. The fraction of sp³-hybridized carbons (Fsp3) is 0.409. The van der Waals surface area contributed by atoms with Gasteiger partial charge in [-0.1, -0.05) is 31.2 Å². The zero-order valence-corrected chi connectivity index (χ0v) is 16.8. The molecule has 154 valence electrons. The fourth-order valence-electron chi connectivity index (χ4n) is 3.40. The minimum atomic E-state index is -0.727. The Labute approximate surface area is 168 Å². The minimum Gasteiger partial charge on any atom is -0.449 e. The van der Waals surface area contributed by atoms with Crippen LogP contribution in [0.4, 0.5) is 9.59 Å². The Balaban J connectivity index is 2.03. The third-order valence-electron chi connectivity index (χ3n) is 4.74. The topological polar surface area (TPSA) is 83.8 Å². The number of hydrogen-bond donors (Lipinski definition) is 0. The van der Waals surface area contributed by atoms with Crippen LogP contribution in [0.15, 0.2) is 29.1 Å². The van der Waals surface area contributed by atoms with E-state index in [9.17, 15) is 14.4 Å². The predicted molar refractivity (Wildman–Crippen MR) is 109 cm³/mol. The molecule has 0 aromatic carbocycles. The van der Waals surface area contributed by atoms with Crippen LogP contribution in [-0.2, 0) is 14.2 Å². The summed E-state index contributed by atoms with van der Waals surface area (Å²) in [4.78, 5) is 36.9. The highest BCUT2D eigenvalue weighted by atomic mass is 16.7. The molecule has 0 radical (unpaired) electrons. The molecule has 3 rings (SSSR count). The normalized spacial score (nSPS) is 19.9. The summed E-state index contributed by atoms with van der Waals surface area (Å²) >= 11 is 0. The van der Waals surface area contributed by atoms with Gasteiger partial charge in [0, 0.05) is 17.7 Å². The summed E-state index contributed by atoms with van der Waals surface area (Å²) < 4.78 is 16.7. The number of pyridine rings is 1. The van der Waals surface area contributed by atoms with Crippen molar-refractivity contribution in [2.75, 3.05) is 13.2 Å². The maximum atomic E-state index is 12.7. The number of carbonyl (C=O) groups excluding carboxylic acids is 2. The van der Waals surface area contributed by atoms with E-state index in [-0.39, 0.29) is 24.6 Å². The smallest absolute Gasteiger partial charge is 0.449 e. The predicted octanol–water partition coefficient (Wildman–Crippen LogP) is 2.34. The van der Waals surface area contributed by atoms with Crippen LogP contribution in [0.3, 0.4) is 0 Å². The lowest BCUT2D eigenvalue weighted by Crippen LogP contribution is -2.50. The Morgan fingerprint density at radius 3 is 2.55 bits per heavy atom. The number of carbonyl (C=O) groups is 2. The number of rotatable bonds is 4. The van der Waals surface area contributed by atoms with Crippen molar-refractivity contribution in [3.05, 3.63) is 50.8 Å². The van der Waals surface area contributed by atoms with Crippen LogP contribution >= 0.6 is 0 Å². The zero-order chi connectivity index (χ0) is 21.0. The standard InChI is InChI=1S/C22H25NO6/c1-4-27-21(25)23-18(13-20(24)17-11-6-14(3)12-19(17)23)15-7-9-16(10-8-15)29-22(26)28-5-2/h7-9,11-14,16H,4-6,10H2,1-3H3. The molecule has 0 saturated carbocycles. The van der Waals surface area contributed by atoms with Crippen LogP contribution < -0.4 is 16.0 Å². The summed E-state index contributed by atoms with van der Waals surface area (Å²) in [6.07, 6.45) is 8.52. The van der Waals surface area contributed by atoms with Gasteiger partial charge in [-0.3, -0.25) is 4.79 Å². The van der Waals surface area contributed by atoms with Crippen LogP contribution in [0.25, 0.3) is 17.7 Å². The van der Waals surface area contributed by atoms with E-state index in [0.29, 0.717) is 28.3 Å². The molecule has 0 bridgehead atoms. The first-order chi connectivity index (χ1) is 13.9. The van der Waals surface area contributed by atoms with Crippen molar-refractivity contribution in [3.8, 4) is 0 Å². The van der Waals surface area contributed by atoms with Gasteiger partial charge in [-0.25, -0.2) is 14.2 Å². The summed E-state index contributed by atoms with van der Waals surface area (Å²) in [6, 6.07) is 1.46. The fourth-order valence-corrected chi connectivity index (χ4v) is 3.40.